The molecule has 0 aliphatic carbocycles. The van der Waals surface area contributed by atoms with Gasteiger partial charge >= 0.3 is 0 Å². The first kappa shape index (κ1) is 16.5. The Morgan fingerprint density at radius 3 is 2.16 bits per heavy atom. The summed E-state index contributed by atoms with van der Waals surface area (Å²) >= 11 is 0. The Kier molecular flexibility index (Phi) is 5.27. The molecule has 0 amide bonds. The predicted molar refractivity (Wildman–Crippen MR) is 101 cm³/mol. The van der Waals surface area contributed by atoms with Gasteiger partial charge in [-0.1, -0.05) is 60.7 Å². The number of carbonyl (C=O) groups excluding carboxylic acids is 1. The van der Waals surface area contributed by atoms with Crippen LogP contribution in [-0.4, -0.2) is 5.78 Å². The molecule has 0 bridgehead atoms. The Balaban J connectivity index is 1.76. The molecule has 1 N–H and O–H groups in total. The van der Waals surface area contributed by atoms with Crippen molar-refractivity contribution in [3.63, 3.8) is 0 Å². The zero-order chi connectivity index (χ0) is 17.5. The third-order valence-electron chi connectivity index (χ3n) is 3.60. The van der Waals surface area contributed by atoms with E-state index in [0.29, 0.717) is 11.3 Å². The maximum atomic E-state index is 12.3. The van der Waals surface area contributed by atoms with Crippen LogP contribution in [0.3, 0.4) is 0 Å². The molecular formula is C22H19NO2. The second kappa shape index (κ2) is 7.97. The SMILES string of the molecule is C/C(=C\C(=O)c1ccccc1)Nc1ccccc1Oc1ccccc1. The molecule has 3 aromatic carbocycles. The van der Waals surface area contributed by atoms with Crippen molar-refractivity contribution in [3.05, 3.63) is 102 Å². The summed E-state index contributed by atoms with van der Waals surface area (Å²) in [5.41, 5.74) is 2.22. The molecule has 0 spiro atoms. The fraction of sp³-hybridized carbons (Fsp3) is 0.0455. The van der Waals surface area contributed by atoms with Gasteiger partial charge in [-0.05, 0) is 31.2 Å². The van der Waals surface area contributed by atoms with Crippen LogP contribution in [0.1, 0.15) is 17.3 Å². The van der Waals surface area contributed by atoms with Crippen molar-refractivity contribution < 1.29 is 9.53 Å². The van der Waals surface area contributed by atoms with Crippen LogP contribution in [0.2, 0.25) is 0 Å². The Hall–Kier alpha value is -3.33. The molecule has 0 atom stereocenters. The quantitative estimate of drug-likeness (QED) is 0.467. The number of hydrogen-bond donors (Lipinski definition) is 1. The van der Waals surface area contributed by atoms with E-state index in [9.17, 15) is 4.79 Å². The summed E-state index contributed by atoms with van der Waals surface area (Å²) in [6.45, 7) is 1.86. The van der Waals surface area contributed by atoms with Crippen molar-refractivity contribution in [2.24, 2.45) is 0 Å². The molecule has 124 valence electrons. The molecule has 0 unspecified atom stereocenters. The topological polar surface area (TPSA) is 38.3 Å². The summed E-state index contributed by atoms with van der Waals surface area (Å²) in [5, 5.41) is 3.25. The Morgan fingerprint density at radius 1 is 0.840 bits per heavy atom. The number of allylic oxidation sites excluding steroid dienone is 2. The molecule has 0 saturated heterocycles. The monoisotopic (exact) mass is 329 g/mol. The normalized spacial score (nSPS) is 11.0. The van der Waals surface area contributed by atoms with Gasteiger partial charge in [0.05, 0.1) is 5.69 Å². The van der Waals surface area contributed by atoms with Gasteiger partial charge in [-0.25, -0.2) is 0 Å². The molecule has 0 saturated carbocycles. The first-order valence-electron chi connectivity index (χ1n) is 8.09. The molecule has 3 heteroatoms. The molecule has 0 aliphatic heterocycles. The number of ether oxygens (including phenoxy) is 1. The average molecular weight is 329 g/mol. The third kappa shape index (κ3) is 4.58. The van der Waals surface area contributed by atoms with Gasteiger partial charge in [0.1, 0.15) is 5.75 Å². The summed E-state index contributed by atoms with van der Waals surface area (Å²) < 4.78 is 5.93. The Morgan fingerprint density at radius 2 is 1.44 bits per heavy atom. The first-order valence-corrected chi connectivity index (χ1v) is 8.09. The fourth-order valence-electron chi connectivity index (χ4n) is 2.41. The standard InChI is InChI=1S/C22H19NO2/c1-17(16-21(24)18-10-4-2-5-11-18)23-20-14-8-9-15-22(20)25-19-12-6-3-7-13-19/h2-16,23H,1H3/b17-16+. The Bertz CT molecular complexity index is 871. The van der Waals surface area contributed by atoms with E-state index in [1.54, 1.807) is 18.2 Å². The van der Waals surface area contributed by atoms with Crippen molar-refractivity contribution in [2.45, 2.75) is 6.92 Å². The highest BCUT2D eigenvalue weighted by atomic mass is 16.5. The third-order valence-corrected chi connectivity index (χ3v) is 3.60. The number of anilines is 1. The molecule has 3 rings (SSSR count). The van der Waals surface area contributed by atoms with Gasteiger partial charge in [-0.2, -0.15) is 0 Å². The minimum absolute atomic E-state index is 0.0351. The molecule has 0 radical (unpaired) electrons. The van der Waals surface area contributed by atoms with E-state index in [0.717, 1.165) is 17.1 Å². The van der Waals surface area contributed by atoms with Crippen LogP contribution in [0.4, 0.5) is 5.69 Å². The predicted octanol–water partition coefficient (Wildman–Crippen LogP) is 5.68. The van der Waals surface area contributed by atoms with Crippen molar-refractivity contribution >= 4 is 11.5 Å². The second-order valence-corrected chi connectivity index (χ2v) is 5.59. The van der Waals surface area contributed by atoms with E-state index in [1.807, 2.05) is 79.7 Å². The van der Waals surface area contributed by atoms with Crippen LogP contribution in [0.15, 0.2) is 96.7 Å². The summed E-state index contributed by atoms with van der Waals surface area (Å²) in [7, 11) is 0. The smallest absolute Gasteiger partial charge is 0.187 e. The van der Waals surface area contributed by atoms with Crippen molar-refractivity contribution in [1.82, 2.24) is 0 Å². The van der Waals surface area contributed by atoms with Crippen LogP contribution in [0.25, 0.3) is 0 Å². The molecule has 0 fully saturated rings. The lowest BCUT2D eigenvalue weighted by Crippen LogP contribution is -2.02. The van der Waals surface area contributed by atoms with Gasteiger partial charge < -0.3 is 10.1 Å². The zero-order valence-electron chi connectivity index (χ0n) is 14.0. The highest BCUT2D eigenvalue weighted by molar-refractivity contribution is 6.05. The van der Waals surface area contributed by atoms with Gasteiger partial charge in [-0.3, -0.25) is 4.79 Å². The second-order valence-electron chi connectivity index (χ2n) is 5.59. The maximum absolute atomic E-state index is 12.3. The molecule has 3 nitrogen and oxygen atoms in total. The van der Waals surface area contributed by atoms with Crippen LogP contribution >= 0.6 is 0 Å². The first-order chi connectivity index (χ1) is 12.2. The zero-order valence-corrected chi connectivity index (χ0v) is 14.0. The van der Waals surface area contributed by atoms with Crippen LogP contribution in [0.5, 0.6) is 11.5 Å². The largest absolute Gasteiger partial charge is 0.455 e. The van der Waals surface area contributed by atoms with Gasteiger partial charge in [0.15, 0.2) is 11.5 Å². The molecule has 25 heavy (non-hydrogen) atoms. The van der Waals surface area contributed by atoms with E-state index in [4.69, 9.17) is 4.74 Å². The van der Waals surface area contributed by atoms with E-state index in [1.165, 1.54) is 0 Å². The van der Waals surface area contributed by atoms with Gasteiger partial charge in [0.2, 0.25) is 0 Å². The highest BCUT2D eigenvalue weighted by Crippen LogP contribution is 2.29. The number of ketones is 1. The summed E-state index contributed by atoms with van der Waals surface area (Å²) in [5.74, 6) is 1.43. The van der Waals surface area contributed by atoms with Crippen molar-refractivity contribution in [3.8, 4) is 11.5 Å². The number of carbonyl (C=O) groups is 1. The highest BCUT2D eigenvalue weighted by Gasteiger charge is 2.06. The maximum Gasteiger partial charge on any atom is 0.187 e. The van der Waals surface area contributed by atoms with Crippen LogP contribution < -0.4 is 10.1 Å². The van der Waals surface area contributed by atoms with E-state index in [-0.39, 0.29) is 5.78 Å². The summed E-state index contributed by atoms with van der Waals surface area (Å²) in [4.78, 5) is 12.3. The van der Waals surface area contributed by atoms with Crippen molar-refractivity contribution in [2.75, 3.05) is 5.32 Å². The van der Waals surface area contributed by atoms with E-state index >= 15 is 0 Å². The molecular weight excluding hydrogens is 310 g/mol. The van der Waals surface area contributed by atoms with Crippen LogP contribution in [-0.2, 0) is 0 Å². The fourth-order valence-corrected chi connectivity index (χ4v) is 2.41. The van der Waals surface area contributed by atoms with Gasteiger partial charge in [0, 0.05) is 17.3 Å². The molecule has 0 aromatic heterocycles. The van der Waals surface area contributed by atoms with Crippen molar-refractivity contribution in [1.29, 1.82) is 0 Å². The number of hydrogen-bond acceptors (Lipinski definition) is 3. The molecule has 0 heterocycles. The lowest BCUT2D eigenvalue weighted by atomic mass is 10.1. The minimum Gasteiger partial charge on any atom is -0.455 e. The van der Waals surface area contributed by atoms with E-state index < -0.39 is 0 Å². The van der Waals surface area contributed by atoms with Gasteiger partial charge in [-0.15, -0.1) is 0 Å². The number of rotatable bonds is 6. The summed E-state index contributed by atoms with van der Waals surface area (Å²) in [6, 6.07) is 26.5. The van der Waals surface area contributed by atoms with Gasteiger partial charge in [0.25, 0.3) is 0 Å². The lowest BCUT2D eigenvalue weighted by molar-refractivity contribution is 0.104. The number of para-hydroxylation sites is 3. The summed E-state index contributed by atoms with van der Waals surface area (Å²) in [6.07, 6.45) is 1.59. The Labute approximate surface area is 147 Å². The molecule has 3 aromatic rings. The van der Waals surface area contributed by atoms with E-state index in [2.05, 4.69) is 5.32 Å². The van der Waals surface area contributed by atoms with Crippen LogP contribution in [0, 0.1) is 0 Å². The number of nitrogens with one attached hydrogen (secondary N) is 1. The molecule has 0 aliphatic rings. The minimum atomic E-state index is -0.0351. The lowest BCUT2D eigenvalue weighted by Gasteiger charge is -2.13. The number of benzene rings is 3. The average Bonchev–Trinajstić information content (AvgIpc) is 2.65.